The van der Waals surface area contributed by atoms with E-state index in [1.165, 1.54) is 6.34 Å². The molecule has 0 heterocycles. The maximum atomic E-state index is 6.26. The Morgan fingerprint density at radius 3 is 2.13 bits per heavy atom. The molecule has 0 fully saturated rings. The third kappa shape index (κ3) is 20.9. The van der Waals surface area contributed by atoms with E-state index in [0.717, 1.165) is 55.3 Å². The number of nitrogens with zero attached hydrogens (tertiary/aromatic N) is 2. The molecule has 0 aromatic rings. The number of halogens is 2. The van der Waals surface area contributed by atoms with Gasteiger partial charge in [0.05, 0.1) is 35.3 Å². The van der Waals surface area contributed by atoms with Crippen molar-refractivity contribution in [2.75, 3.05) is 40.5 Å². The summed E-state index contributed by atoms with van der Waals surface area (Å²) in [6.07, 6.45) is 10.8. The van der Waals surface area contributed by atoms with Crippen LogP contribution in [0, 0.1) is 0 Å². The molecule has 218 valence electrons. The predicted octanol–water partition coefficient (Wildman–Crippen LogP) is 7.46. The van der Waals surface area contributed by atoms with Crippen LogP contribution < -0.4 is 10.6 Å². The van der Waals surface area contributed by atoms with Gasteiger partial charge in [-0.25, -0.2) is 9.98 Å². The molecule has 0 radical (unpaired) electrons. The lowest BCUT2D eigenvalue weighted by atomic mass is 10.2. The Hall–Kier alpha value is -2.06. The first-order valence-corrected chi connectivity index (χ1v) is 13.9. The van der Waals surface area contributed by atoms with Gasteiger partial charge in [-0.1, -0.05) is 43.1 Å². The van der Waals surface area contributed by atoms with Crippen molar-refractivity contribution in [3.8, 4) is 0 Å². The normalized spacial score (nSPS) is 15.1. The van der Waals surface area contributed by atoms with Crippen LogP contribution in [-0.4, -0.2) is 58.6 Å². The Balaban J connectivity index is 0. The number of hydrogen-bond acceptors (Lipinski definition) is 6. The first kappa shape index (κ1) is 38.1. The fraction of sp³-hybridized carbons (Fsp3) is 0.586. The second kappa shape index (κ2) is 25.2. The highest BCUT2D eigenvalue weighted by Gasteiger charge is 2.06. The topological polar surface area (TPSA) is 76.5 Å². The Labute approximate surface area is 241 Å². The number of aliphatic imine (C=N–C) groups is 2. The van der Waals surface area contributed by atoms with Gasteiger partial charge in [-0.2, -0.15) is 0 Å². The van der Waals surface area contributed by atoms with Crippen molar-refractivity contribution < 1.29 is 14.2 Å². The van der Waals surface area contributed by atoms with Crippen molar-refractivity contribution in [2.24, 2.45) is 9.98 Å². The first-order chi connectivity index (χ1) is 18.1. The van der Waals surface area contributed by atoms with E-state index in [-0.39, 0.29) is 6.04 Å². The lowest BCUT2D eigenvalue weighted by molar-refractivity contribution is 0.192. The van der Waals surface area contributed by atoms with Gasteiger partial charge in [0.1, 0.15) is 12.2 Å². The van der Waals surface area contributed by atoms with Gasteiger partial charge >= 0.3 is 0 Å². The van der Waals surface area contributed by atoms with Crippen LogP contribution >= 0.6 is 23.2 Å². The zero-order chi connectivity index (χ0) is 29.3. The lowest BCUT2D eigenvalue weighted by Crippen LogP contribution is -2.23. The number of hydrogen-bond donors (Lipinski definition) is 2. The lowest BCUT2D eigenvalue weighted by Gasteiger charge is -2.14. The van der Waals surface area contributed by atoms with Crippen molar-refractivity contribution in [3.63, 3.8) is 0 Å². The number of methoxy groups -OCH3 is 2. The summed E-state index contributed by atoms with van der Waals surface area (Å²) in [5.41, 5.74) is 1.67. The van der Waals surface area contributed by atoms with Gasteiger partial charge in [0.15, 0.2) is 0 Å². The molecule has 2 N–H and O–H groups in total. The van der Waals surface area contributed by atoms with Gasteiger partial charge in [0, 0.05) is 25.5 Å². The third-order valence-corrected chi connectivity index (χ3v) is 5.60. The van der Waals surface area contributed by atoms with Crippen LogP contribution in [0.4, 0.5) is 0 Å². The van der Waals surface area contributed by atoms with Gasteiger partial charge in [-0.15, -0.1) is 0 Å². The second-order valence-corrected chi connectivity index (χ2v) is 8.96. The predicted molar refractivity (Wildman–Crippen MR) is 166 cm³/mol. The highest BCUT2D eigenvalue weighted by molar-refractivity contribution is 6.43. The minimum absolute atomic E-state index is 0.125. The SMILES string of the molecule is C/C=C(Cl)\C(Cl)=C/C(C)NC(/N=C\N=C(C)/C=C(\C)OCCCNCCCOC)=C(C)\C=C(/C)OC.CC. The van der Waals surface area contributed by atoms with Crippen LogP contribution in [0.15, 0.2) is 67.3 Å². The average Bonchev–Trinajstić information content (AvgIpc) is 2.89. The number of ether oxygens (including phenoxy) is 3. The Bertz CT molecular complexity index is 860. The Morgan fingerprint density at radius 1 is 0.921 bits per heavy atom. The summed E-state index contributed by atoms with van der Waals surface area (Å²) in [6, 6.07) is -0.125. The second-order valence-electron chi connectivity index (χ2n) is 8.14. The van der Waals surface area contributed by atoms with Gasteiger partial charge in [-0.3, -0.25) is 0 Å². The van der Waals surface area contributed by atoms with Crippen LogP contribution in [0.5, 0.6) is 0 Å². The minimum Gasteiger partial charge on any atom is -0.501 e. The van der Waals surface area contributed by atoms with E-state index in [2.05, 4.69) is 20.6 Å². The van der Waals surface area contributed by atoms with Gasteiger partial charge < -0.3 is 24.8 Å². The molecule has 0 bridgehead atoms. The first-order valence-electron chi connectivity index (χ1n) is 13.1. The van der Waals surface area contributed by atoms with E-state index in [1.54, 1.807) is 20.3 Å². The number of rotatable bonds is 18. The van der Waals surface area contributed by atoms with E-state index in [4.69, 9.17) is 37.4 Å². The van der Waals surface area contributed by atoms with E-state index in [0.29, 0.717) is 22.5 Å². The summed E-state index contributed by atoms with van der Waals surface area (Å²) in [4.78, 5) is 8.96. The van der Waals surface area contributed by atoms with Gasteiger partial charge in [0.25, 0.3) is 0 Å². The van der Waals surface area contributed by atoms with E-state index < -0.39 is 0 Å². The van der Waals surface area contributed by atoms with Crippen LogP contribution in [0.2, 0.25) is 0 Å². The van der Waals surface area contributed by atoms with Crippen LogP contribution in [0.25, 0.3) is 0 Å². The Morgan fingerprint density at radius 2 is 1.55 bits per heavy atom. The summed E-state index contributed by atoms with van der Waals surface area (Å²) >= 11 is 12.4. The van der Waals surface area contributed by atoms with Crippen LogP contribution in [0.3, 0.4) is 0 Å². The molecule has 0 amide bonds. The molecule has 0 aliphatic rings. The molecule has 0 saturated carbocycles. The maximum Gasteiger partial charge on any atom is 0.131 e. The summed E-state index contributed by atoms with van der Waals surface area (Å²) in [7, 11) is 3.34. The molecule has 0 rings (SSSR count). The molecule has 0 spiro atoms. The standard InChI is InChI=1S/C27H44Cl2N4O3.C2H6/c1-9-25(28)26(29)18-22(4)33-27(20(2)16-23(5)35-8)32-19-31-21(3)17-24(6)36-15-11-13-30-12-10-14-34-7;1-2/h9,16-19,22,30,33H,10-15H2,1-8H3;1-2H3/b23-16+,24-17+,25-9+,26-18+,27-20-,31-21-,32-19-;. The minimum atomic E-state index is -0.125. The van der Waals surface area contributed by atoms with Crippen molar-refractivity contribution in [3.05, 3.63) is 57.3 Å². The molecular weight excluding hydrogens is 523 g/mol. The quantitative estimate of drug-likeness (QED) is 0.0585. The molecule has 0 aliphatic heterocycles. The van der Waals surface area contributed by atoms with Crippen molar-refractivity contribution in [1.29, 1.82) is 0 Å². The van der Waals surface area contributed by atoms with Crippen LogP contribution in [-0.2, 0) is 14.2 Å². The Kier molecular flexibility index (Phi) is 25.3. The largest absolute Gasteiger partial charge is 0.501 e. The average molecular weight is 574 g/mol. The van der Waals surface area contributed by atoms with Crippen molar-refractivity contribution in [1.82, 2.24) is 10.6 Å². The summed E-state index contributed by atoms with van der Waals surface area (Å²) < 4.78 is 16.1. The van der Waals surface area contributed by atoms with Crippen molar-refractivity contribution >= 4 is 35.3 Å². The molecule has 0 aromatic heterocycles. The molecule has 38 heavy (non-hydrogen) atoms. The summed E-state index contributed by atoms with van der Waals surface area (Å²) in [6.45, 7) is 18.7. The van der Waals surface area contributed by atoms with Gasteiger partial charge in [0.2, 0.25) is 0 Å². The molecule has 7 nitrogen and oxygen atoms in total. The molecule has 0 saturated heterocycles. The van der Waals surface area contributed by atoms with E-state index in [9.17, 15) is 0 Å². The van der Waals surface area contributed by atoms with Crippen LogP contribution in [0.1, 0.15) is 68.2 Å². The van der Waals surface area contributed by atoms with Crippen molar-refractivity contribution in [2.45, 2.75) is 74.3 Å². The monoisotopic (exact) mass is 572 g/mol. The maximum absolute atomic E-state index is 6.26. The summed E-state index contributed by atoms with van der Waals surface area (Å²) in [5, 5.41) is 7.67. The van der Waals surface area contributed by atoms with Gasteiger partial charge in [-0.05, 0) is 91.3 Å². The zero-order valence-corrected chi connectivity index (χ0v) is 26.6. The fourth-order valence-electron chi connectivity index (χ4n) is 2.83. The highest BCUT2D eigenvalue weighted by Crippen LogP contribution is 2.19. The zero-order valence-electron chi connectivity index (χ0n) is 25.1. The third-order valence-electron chi connectivity index (χ3n) is 4.75. The number of nitrogens with one attached hydrogen (secondary N) is 2. The molecule has 1 atom stereocenters. The molecule has 1 unspecified atom stereocenters. The fourth-order valence-corrected chi connectivity index (χ4v) is 3.19. The molecular formula is C29H50Cl2N4O3. The molecule has 0 aliphatic carbocycles. The molecule has 0 aromatic carbocycles. The van der Waals surface area contributed by atoms with E-state index >= 15 is 0 Å². The number of allylic oxidation sites excluding steroid dienone is 8. The summed E-state index contributed by atoms with van der Waals surface area (Å²) in [5.74, 6) is 2.21. The van der Waals surface area contributed by atoms with E-state index in [1.807, 2.05) is 73.6 Å². The molecule has 9 heteroatoms. The highest BCUT2D eigenvalue weighted by atomic mass is 35.5. The smallest absolute Gasteiger partial charge is 0.131 e.